The maximum absolute atomic E-state index is 12.4. The standard InChI is InChI=1S/C16H13BrN4O3/c1-2-20-14-9-11(17)6-7-13(14)18-16(20)19-15(22)10-4-3-5-12(8-10)21(23)24/h3-9H,2H2,1H3,(H,18,19,22). The van der Waals surface area contributed by atoms with Crippen LogP contribution in [0.25, 0.3) is 11.0 Å². The molecule has 1 N–H and O–H groups in total. The van der Waals surface area contributed by atoms with E-state index in [0.717, 1.165) is 15.5 Å². The number of nitrogens with one attached hydrogen (secondary N) is 1. The van der Waals surface area contributed by atoms with E-state index in [9.17, 15) is 14.9 Å². The monoisotopic (exact) mass is 388 g/mol. The zero-order valence-corrected chi connectivity index (χ0v) is 14.3. The van der Waals surface area contributed by atoms with Gasteiger partial charge in [0.15, 0.2) is 0 Å². The molecule has 0 unspecified atom stereocenters. The number of hydrogen-bond donors (Lipinski definition) is 1. The first kappa shape index (κ1) is 16.1. The van der Waals surface area contributed by atoms with Crippen LogP contribution >= 0.6 is 15.9 Å². The zero-order valence-electron chi connectivity index (χ0n) is 12.7. The van der Waals surface area contributed by atoms with Gasteiger partial charge in [-0.25, -0.2) is 4.98 Å². The smallest absolute Gasteiger partial charge is 0.270 e. The van der Waals surface area contributed by atoms with Gasteiger partial charge < -0.3 is 4.57 Å². The fourth-order valence-electron chi connectivity index (χ4n) is 2.45. The fraction of sp³-hybridized carbons (Fsp3) is 0.125. The Hall–Kier alpha value is -2.74. The second-order valence-corrected chi connectivity index (χ2v) is 5.99. The molecule has 3 aromatic rings. The Morgan fingerprint density at radius 2 is 2.12 bits per heavy atom. The van der Waals surface area contributed by atoms with E-state index >= 15 is 0 Å². The normalized spacial score (nSPS) is 10.8. The second-order valence-electron chi connectivity index (χ2n) is 5.07. The zero-order chi connectivity index (χ0) is 17.3. The summed E-state index contributed by atoms with van der Waals surface area (Å²) in [6.07, 6.45) is 0. The van der Waals surface area contributed by atoms with Gasteiger partial charge in [0.05, 0.1) is 16.0 Å². The van der Waals surface area contributed by atoms with Crippen LogP contribution in [-0.4, -0.2) is 20.4 Å². The first-order chi connectivity index (χ1) is 11.5. The number of anilines is 1. The van der Waals surface area contributed by atoms with Gasteiger partial charge in [-0.15, -0.1) is 0 Å². The molecule has 0 radical (unpaired) electrons. The van der Waals surface area contributed by atoms with E-state index in [1.54, 1.807) is 0 Å². The highest BCUT2D eigenvalue weighted by molar-refractivity contribution is 9.10. The number of halogens is 1. The summed E-state index contributed by atoms with van der Waals surface area (Å²) >= 11 is 3.42. The second kappa shape index (κ2) is 6.40. The molecule has 0 fully saturated rings. The van der Waals surface area contributed by atoms with Crippen molar-refractivity contribution in [2.75, 3.05) is 5.32 Å². The Labute approximate surface area is 145 Å². The number of nitrogens with zero attached hydrogens (tertiary/aromatic N) is 3. The molecular formula is C16H13BrN4O3. The van der Waals surface area contributed by atoms with E-state index in [1.807, 2.05) is 29.7 Å². The van der Waals surface area contributed by atoms with Gasteiger partial charge in [0.2, 0.25) is 5.95 Å². The van der Waals surface area contributed by atoms with E-state index in [2.05, 4.69) is 26.2 Å². The molecule has 0 atom stereocenters. The molecule has 1 aromatic heterocycles. The van der Waals surface area contributed by atoms with Crippen molar-refractivity contribution in [3.63, 3.8) is 0 Å². The lowest BCUT2D eigenvalue weighted by atomic mass is 10.2. The number of imidazole rings is 1. The summed E-state index contributed by atoms with van der Waals surface area (Å²) in [5, 5.41) is 13.6. The number of fused-ring (bicyclic) bond motifs is 1. The number of non-ortho nitro benzene ring substituents is 1. The van der Waals surface area contributed by atoms with Crippen molar-refractivity contribution in [3.8, 4) is 0 Å². The average molecular weight is 389 g/mol. The molecule has 2 aromatic carbocycles. The van der Waals surface area contributed by atoms with E-state index in [4.69, 9.17) is 0 Å². The lowest BCUT2D eigenvalue weighted by Gasteiger charge is -2.07. The van der Waals surface area contributed by atoms with Crippen LogP contribution in [0.4, 0.5) is 11.6 Å². The average Bonchev–Trinajstić information content (AvgIpc) is 2.91. The van der Waals surface area contributed by atoms with Gasteiger partial charge in [-0.05, 0) is 31.2 Å². The Kier molecular flexibility index (Phi) is 4.30. The van der Waals surface area contributed by atoms with Crippen LogP contribution in [-0.2, 0) is 6.54 Å². The molecule has 0 aliphatic rings. The molecule has 8 heteroatoms. The number of amides is 1. The first-order valence-corrected chi connectivity index (χ1v) is 8.00. The van der Waals surface area contributed by atoms with Crippen LogP contribution in [0.3, 0.4) is 0 Å². The summed E-state index contributed by atoms with van der Waals surface area (Å²) in [4.78, 5) is 27.1. The van der Waals surface area contributed by atoms with Gasteiger partial charge in [-0.3, -0.25) is 20.2 Å². The maximum Gasteiger partial charge on any atom is 0.270 e. The summed E-state index contributed by atoms with van der Waals surface area (Å²) in [7, 11) is 0. The van der Waals surface area contributed by atoms with Crippen LogP contribution < -0.4 is 5.32 Å². The van der Waals surface area contributed by atoms with Crippen molar-refractivity contribution < 1.29 is 9.72 Å². The van der Waals surface area contributed by atoms with Crippen molar-refractivity contribution in [1.82, 2.24) is 9.55 Å². The number of aromatic nitrogens is 2. The third-order valence-electron chi connectivity index (χ3n) is 3.57. The molecule has 1 heterocycles. The van der Waals surface area contributed by atoms with E-state index in [-0.39, 0.29) is 11.3 Å². The van der Waals surface area contributed by atoms with E-state index in [0.29, 0.717) is 12.5 Å². The van der Waals surface area contributed by atoms with Crippen molar-refractivity contribution in [3.05, 3.63) is 62.6 Å². The predicted octanol–water partition coefficient (Wildman–Crippen LogP) is 3.98. The molecule has 24 heavy (non-hydrogen) atoms. The fourth-order valence-corrected chi connectivity index (χ4v) is 2.79. The lowest BCUT2D eigenvalue weighted by Crippen LogP contribution is -2.16. The highest BCUT2D eigenvalue weighted by atomic mass is 79.9. The largest absolute Gasteiger partial charge is 0.310 e. The third kappa shape index (κ3) is 3.00. The van der Waals surface area contributed by atoms with Gasteiger partial charge in [0.1, 0.15) is 0 Å². The molecule has 0 saturated carbocycles. The van der Waals surface area contributed by atoms with Crippen molar-refractivity contribution in [2.24, 2.45) is 0 Å². The molecule has 1 amide bonds. The number of carbonyl (C=O) groups is 1. The van der Waals surface area contributed by atoms with Crippen LogP contribution in [0.2, 0.25) is 0 Å². The number of hydrogen-bond acceptors (Lipinski definition) is 4. The number of rotatable bonds is 4. The Balaban J connectivity index is 1.96. The molecule has 7 nitrogen and oxygen atoms in total. The molecule has 0 saturated heterocycles. The van der Waals surface area contributed by atoms with E-state index in [1.165, 1.54) is 24.3 Å². The summed E-state index contributed by atoms with van der Waals surface area (Å²) in [5.74, 6) is -0.0372. The van der Waals surface area contributed by atoms with Crippen molar-refractivity contribution in [1.29, 1.82) is 0 Å². The Morgan fingerprint density at radius 1 is 1.33 bits per heavy atom. The molecule has 0 bridgehead atoms. The Morgan fingerprint density at radius 3 is 2.83 bits per heavy atom. The van der Waals surface area contributed by atoms with Gasteiger partial charge in [-0.2, -0.15) is 0 Å². The van der Waals surface area contributed by atoms with Crippen LogP contribution in [0.5, 0.6) is 0 Å². The molecule has 0 aliphatic heterocycles. The molecule has 0 aliphatic carbocycles. The number of nitro benzene ring substituents is 1. The SMILES string of the molecule is CCn1c(NC(=O)c2cccc([N+](=O)[O-])c2)nc2ccc(Br)cc21. The van der Waals surface area contributed by atoms with Crippen LogP contribution in [0.1, 0.15) is 17.3 Å². The number of carbonyl (C=O) groups excluding carboxylic acids is 1. The van der Waals surface area contributed by atoms with Crippen LogP contribution in [0.15, 0.2) is 46.9 Å². The summed E-state index contributed by atoms with van der Waals surface area (Å²) in [6.45, 7) is 2.57. The van der Waals surface area contributed by atoms with Gasteiger partial charge >= 0.3 is 0 Å². The maximum atomic E-state index is 12.4. The number of benzene rings is 2. The highest BCUT2D eigenvalue weighted by Crippen LogP contribution is 2.24. The van der Waals surface area contributed by atoms with Crippen LogP contribution in [0, 0.1) is 10.1 Å². The minimum Gasteiger partial charge on any atom is -0.310 e. The quantitative estimate of drug-likeness (QED) is 0.540. The number of aryl methyl sites for hydroxylation is 1. The topological polar surface area (TPSA) is 90.1 Å². The lowest BCUT2D eigenvalue weighted by molar-refractivity contribution is -0.384. The van der Waals surface area contributed by atoms with Gasteiger partial charge in [0.25, 0.3) is 11.6 Å². The molecule has 0 spiro atoms. The van der Waals surface area contributed by atoms with Crippen molar-refractivity contribution in [2.45, 2.75) is 13.5 Å². The molecular weight excluding hydrogens is 376 g/mol. The minimum atomic E-state index is -0.532. The third-order valence-corrected chi connectivity index (χ3v) is 4.06. The minimum absolute atomic E-state index is 0.129. The van der Waals surface area contributed by atoms with E-state index < -0.39 is 10.8 Å². The summed E-state index contributed by atoms with van der Waals surface area (Å²) < 4.78 is 2.79. The summed E-state index contributed by atoms with van der Waals surface area (Å²) in [5.41, 5.74) is 1.73. The summed E-state index contributed by atoms with van der Waals surface area (Å²) in [6, 6.07) is 11.2. The van der Waals surface area contributed by atoms with Gasteiger partial charge in [-0.1, -0.05) is 22.0 Å². The van der Waals surface area contributed by atoms with Crippen molar-refractivity contribution >= 4 is 44.5 Å². The highest BCUT2D eigenvalue weighted by Gasteiger charge is 2.16. The Bertz CT molecular complexity index is 952. The molecule has 122 valence electrons. The predicted molar refractivity (Wildman–Crippen MR) is 94.2 cm³/mol. The van der Waals surface area contributed by atoms with Gasteiger partial charge in [0, 0.05) is 28.7 Å². The molecule has 3 rings (SSSR count). The number of nitro groups is 1. The first-order valence-electron chi connectivity index (χ1n) is 7.21.